The van der Waals surface area contributed by atoms with Crippen molar-refractivity contribution in [3.05, 3.63) is 52.4 Å². The second-order valence-electron chi connectivity index (χ2n) is 3.91. The summed E-state index contributed by atoms with van der Waals surface area (Å²) in [6.45, 7) is 4.02. The smallest absolute Gasteiger partial charge is 0.113 e. The highest BCUT2D eigenvalue weighted by atomic mass is 79.9. The predicted molar refractivity (Wildman–Crippen MR) is 79.8 cm³/mol. The molecule has 0 aliphatic carbocycles. The monoisotopic (exact) mass is 325 g/mol. The molecule has 0 aliphatic rings. The number of benzene rings is 1. The molecule has 1 aromatic heterocycles. The SMILES string of the molecule is CCNCc1ccc(SCc2ccco2)c(Br)c1. The van der Waals surface area contributed by atoms with E-state index in [-0.39, 0.29) is 0 Å². The highest BCUT2D eigenvalue weighted by molar-refractivity contribution is 9.10. The summed E-state index contributed by atoms with van der Waals surface area (Å²) in [6.07, 6.45) is 1.71. The lowest BCUT2D eigenvalue weighted by atomic mass is 10.2. The van der Waals surface area contributed by atoms with Crippen LogP contribution in [0.15, 0.2) is 50.4 Å². The van der Waals surface area contributed by atoms with Crippen LogP contribution in [0.25, 0.3) is 0 Å². The summed E-state index contributed by atoms with van der Waals surface area (Å²) in [4.78, 5) is 1.24. The van der Waals surface area contributed by atoms with Crippen LogP contribution in [-0.2, 0) is 12.3 Å². The van der Waals surface area contributed by atoms with Crippen molar-refractivity contribution in [2.75, 3.05) is 6.54 Å². The van der Waals surface area contributed by atoms with E-state index in [0.29, 0.717) is 0 Å². The van der Waals surface area contributed by atoms with E-state index >= 15 is 0 Å². The Bertz CT molecular complexity index is 485. The van der Waals surface area contributed by atoms with E-state index in [1.54, 1.807) is 18.0 Å². The summed E-state index contributed by atoms with van der Waals surface area (Å²) in [5.74, 6) is 1.86. The van der Waals surface area contributed by atoms with Crippen molar-refractivity contribution in [2.24, 2.45) is 0 Å². The normalized spacial score (nSPS) is 10.8. The molecule has 1 aromatic carbocycles. The standard InChI is InChI=1S/C14H16BrNOS/c1-2-16-9-11-5-6-14(13(15)8-11)18-10-12-4-3-7-17-12/h3-8,16H,2,9-10H2,1H3. The Morgan fingerprint density at radius 1 is 1.33 bits per heavy atom. The minimum absolute atomic E-state index is 0.859. The molecule has 0 bridgehead atoms. The van der Waals surface area contributed by atoms with Crippen molar-refractivity contribution >= 4 is 27.7 Å². The van der Waals surface area contributed by atoms with Crippen LogP contribution in [0.2, 0.25) is 0 Å². The lowest BCUT2D eigenvalue weighted by molar-refractivity contribution is 0.530. The van der Waals surface area contributed by atoms with E-state index < -0.39 is 0 Å². The maximum atomic E-state index is 5.33. The van der Waals surface area contributed by atoms with Gasteiger partial charge >= 0.3 is 0 Å². The molecule has 0 unspecified atom stereocenters. The zero-order valence-electron chi connectivity index (χ0n) is 10.3. The van der Waals surface area contributed by atoms with E-state index in [0.717, 1.165) is 29.1 Å². The molecular weight excluding hydrogens is 310 g/mol. The van der Waals surface area contributed by atoms with Gasteiger partial charge in [0, 0.05) is 15.9 Å². The summed E-state index contributed by atoms with van der Waals surface area (Å²) in [5.41, 5.74) is 1.30. The summed E-state index contributed by atoms with van der Waals surface area (Å²) < 4.78 is 6.47. The highest BCUT2D eigenvalue weighted by Crippen LogP contribution is 2.30. The fourth-order valence-corrected chi connectivity index (χ4v) is 3.18. The van der Waals surface area contributed by atoms with Crippen molar-refractivity contribution in [3.8, 4) is 0 Å². The van der Waals surface area contributed by atoms with E-state index in [9.17, 15) is 0 Å². The summed E-state index contributed by atoms with van der Waals surface area (Å²) in [5, 5.41) is 3.32. The quantitative estimate of drug-likeness (QED) is 0.794. The summed E-state index contributed by atoms with van der Waals surface area (Å²) in [6, 6.07) is 10.4. The largest absolute Gasteiger partial charge is 0.468 e. The van der Waals surface area contributed by atoms with Gasteiger partial charge in [0.2, 0.25) is 0 Å². The first-order chi connectivity index (χ1) is 8.79. The van der Waals surface area contributed by atoms with Gasteiger partial charge < -0.3 is 9.73 Å². The molecule has 0 radical (unpaired) electrons. The molecule has 0 spiro atoms. The van der Waals surface area contributed by atoms with Gasteiger partial charge in [-0.1, -0.05) is 13.0 Å². The van der Waals surface area contributed by atoms with Crippen molar-refractivity contribution in [1.82, 2.24) is 5.32 Å². The van der Waals surface area contributed by atoms with Crippen LogP contribution < -0.4 is 5.32 Å². The third-order valence-corrected chi connectivity index (χ3v) is 4.54. The van der Waals surface area contributed by atoms with Crippen molar-refractivity contribution in [3.63, 3.8) is 0 Å². The van der Waals surface area contributed by atoms with Crippen LogP contribution in [0.3, 0.4) is 0 Å². The molecule has 96 valence electrons. The molecule has 2 aromatic rings. The maximum Gasteiger partial charge on any atom is 0.113 e. The van der Waals surface area contributed by atoms with E-state index in [2.05, 4.69) is 46.4 Å². The molecule has 0 saturated carbocycles. The molecule has 0 saturated heterocycles. The number of hydrogen-bond acceptors (Lipinski definition) is 3. The molecule has 4 heteroatoms. The van der Waals surface area contributed by atoms with E-state index in [1.807, 2.05) is 12.1 Å². The second-order valence-corrected chi connectivity index (χ2v) is 5.78. The van der Waals surface area contributed by atoms with Crippen molar-refractivity contribution in [1.29, 1.82) is 0 Å². The van der Waals surface area contributed by atoms with Crippen LogP contribution in [0.4, 0.5) is 0 Å². The molecule has 2 nitrogen and oxygen atoms in total. The molecule has 1 N–H and O–H groups in total. The lowest BCUT2D eigenvalue weighted by Gasteiger charge is -2.07. The van der Waals surface area contributed by atoms with Gasteiger partial charge in [0.05, 0.1) is 12.0 Å². The molecule has 18 heavy (non-hydrogen) atoms. The topological polar surface area (TPSA) is 25.2 Å². The van der Waals surface area contributed by atoms with Gasteiger partial charge in [0.25, 0.3) is 0 Å². The molecular formula is C14H16BrNOS. The van der Waals surface area contributed by atoms with Gasteiger partial charge in [-0.15, -0.1) is 11.8 Å². The number of furan rings is 1. The zero-order valence-corrected chi connectivity index (χ0v) is 12.7. The number of halogens is 1. The molecule has 0 fully saturated rings. The Kier molecular flexibility index (Phi) is 5.35. The Balaban J connectivity index is 1.96. The summed E-state index contributed by atoms with van der Waals surface area (Å²) >= 11 is 5.40. The second kappa shape index (κ2) is 7.02. The highest BCUT2D eigenvalue weighted by Gasteiger charge is 2.04. The van der Waals surface area contributed by atoms with Crippen LogP contribution >= 0.6 is 27.7 Å². The average Bonchev–Trinajstić information content (AvgIpc) is 2.88. The number of nitrogens with one attached hydrogen (secondary N) is 1. The number of thioether (sulfide) groups is 1. The van der Waals surface area contributed by atoms with Gasteiger partial charge in [0.1, 0.15) is 5.76 Å². The number of hydrogen-bond donors (Lipinski definition) is 1. The fraction of sp³-hybridized carbons (Fsp3) is 0.286. The van der Waals surface area contributed by atoms with E-state index in [4.69, 9.17) is 4.42 Å². The molecule has 0 aliphatic heterocycles. The minimum atomic E-state index is 0.859. The Hall–Kier alpha value is -0.710. The third kappa shape index (κ3) is 3.90. The maximum absolute atomic E-state index is 5.33. The number of rotatable bonds is 6. The molecule has 0 amide bonds. The predicted octanol–water partition coefficient (Wildman–Crippen LogP) is 4.44. The van der Waals surface area contributed by atoms with Gasteiger partial charge in [-0.05, 0) is 52.3 Å². The third-order valence-electron chi connectivity index (χ3n) is 2.53. The summed E-state index contributed by atoms with van der Waals surface area (Å²) in [7, 11) is 0. The van der Waals surface area contributed by atoms with Crippen LogP contribution in [-0.4, -0.2) is 6.54 Å². The first-order valence-electron chi connectivity index (χ1n) is 5.94. The Morgan fingerprint density at radius 3 is 2.89 bits per heavy atom. The Labute approximate surface area is 120 Å². The zero-order chi connectivity index (χ0) is 12.8. The first-order valence-corrected chi connectivity index (χ1v) is 7.71. The molecule has 1 heterocycles. The fourth-order valence-electron chi connectivity index (χ4n) is 1.58. The average molecular weight is 326 g/mol. The lowest BCUT2D eigenvalue weighted by Crippen LogP contribution is -2.11. The van der Waals surface area contributed by atoms with Crippen LogP contribution in [0, 0.1) is 0 Å². The van der Waals surface area contributed by atoms with Crippen LogP contribution in [0.1, 0.15) is 18.2 Å². The first kappa shape index (κ1) is 13.7. The van der Waals surface area contributed by atoms with Gasteiger partial charge in [-0.3, -0.25) is 0 Å². The van der Waals surface area contributed by atoms with E-state index in [1.165, 1.54) is 10.5 Å². The minimum Gasteiger partial charge on any atom is -0.468 e. The van der Waals surface area contributed by atoms with Gasteiger partial charge in [-0.2, -0.15) is 0 Å². The molecule has 0 atom stereocenters. The van der Waals surface area contributed by atoms with Gasteiger partial charge in [0.15, 0.2) is 0 Å². The molecule has 2 rings (SSSR count). The van der Waals surface area contributed by atoms with Gasteiger partial charge in [-0.25, -0.2) is 0 Å². The Morgan fingerprint density at radius 2 is 2.22 bits per heavy atom. The van der Waals surface area contributed by atoms with Crippen molar-refractivity contribution in [2.45, 2.75) is 24.1 Å². The van der Waals surface area contributed by atoms with Crippen molar-refractivity contribution < 1.29 is 4.42 Å². The van der Waals surface area contributed by atoms with Crippen LogP contribution in [0.5, 0.6) is 0 Å².